The predicted molar refractivity (Wildman–Crippen MR) is 79.5 cm³/mol. The lowest BCUT2D eigenvalue weighted by Crippen LogP contribution is -2.50. The van der Waals surface area contributed by atoms with Crippen molar-refractivity contribution in [2.45, 2.75) is 32.9 Å². The van der Waals surface area contributed by atoms with Crippen LogP contribution in [0.3, 0.4) is 0 Å². The van der Waals surface area contributed by atoms with Crippen LogP contribution in [0.5, 0.6) is 0 Å². The Kier molecular flexibility index (Phi) is 5.56. The van der Waals surface area contributed by atoms with Crippen LogP contribution in [0, 0.1) is 0 Å². The minimum absolute atomic E-state index is 0.105. The highest BCUT2D eigenvalue weighted by Crippen LogP contribution is 2.17. The molecule has 0 bridgehead atoms. The van der Waals surface area contributed by atoms with Gasteiger partial charge in [0.15, 0.2) is 0 Å². The molecule has 110 valence electrons. The zero-order valence-electron chi connectivity index (χ0n) is 12.4. The van der Waals surface area contributed by atoms with Crippen molar-refractivity contribution in [1.82, 2.24) is 10.2 Å². The summed E-state index contributed by atoms with van der Waals surface area (Å²) in [7, 11) is 0. The van der Waals surface area contributed by atoms with Crippen LogP contribution < -0.4 is 5.32 Å². The molecule has 4 heteroatoms. The average molecular weight is 276 g/mol. The van der Waals surface area contributed by atoms with Gasteiger partial charge in [0.2, 0.25) is 5.91 Å². The molecule has 1 N–H and O–H groups in total. The number of nitrogens with one attached hydrogen (secondary N) is 1. The van der Waals surface area contributed by atoms with E-state index in [2.05, 4.69) is 17.4 Å². The standard InChI is InChI=1S/C16H24N2O2/c1-3-18(9-10-20-4-2)16(19)15-11-13-7-5-6-8-14(13)12-17-15/h5-8,15,17H,3-4,9-12H2,1-2H3/t15-/m0/s1. The number of hydrogen-bond acceptors (Lipinski definition) is 3. The first-order valence-electron chi connectivity index (χ1n) is 7.43. The van der Waals surface area contributed by atoms with E-state index in [-0.39, 0.29) is 11.9 Å². The Hall–Kier alpha value is -1.39. The van der Waals surface area contributed by atoms with Gasteiger partial charge in [0.05, 0.1) is 12.6 Å². The Bertz CT molecular complexity index is 448. The number of rotatable bonds is 6. The van der Waals surface area contributed by atoms with Gasteiger partial charge in [0, 0.05) is 26.2 Å². The van der Waals surface area contributed by atoms with Crippen LogP contribution in [0.15, 0.2) is 24.3 Å². The number of carbonyl (C=O) groups is 1. The Labute approximate surface area is 121 Å². The van der Waals surface area contributed by atoms with Gasteiger partial charge in [-0.1, -0.05) is 24.3 Å². The molecule has 1 heterocycles. The summed E-state index contributed by atoms with van der Waals surface area (Å²) in [4.78, 5) is 14.4. The first-order chi connectivity index (χ1) is 9.76. The van der Waals surface area contributed by atoms with E-state index in [0.29, 0.717) is 19.8 Å². The van der Waals surface area contributed by atoms with Gasteiger partial charge < -0.3 is 15.0 Å². The van der Waals surface area contributed by atoms with Crippen LogP contribution in [-0.4, -0.2) is 43.2 Å². The van der Waals surface area contributed by atoms with Crippen molar-refractivity contribution in [1.29, 1.82) is 0 Å². The first-order valence-corrected chi connectivity index (χ1v) is 7.43. The molecule has 0 fully saturated rings. The number of benzene rings is 1. The van der Waals surface area contributed by atoms with Crippen molar-refractivity contribution < 1.29 is 9.53 Å². The molecular weight excluding hydrogens is 252 g/mol. The van der Waals surface area contributed by atoms with Gasteiger partial charge in [-0.15, -0.1) is 0 Å². The third-order valence-corrected chi connectivity index (χ3v) is 3.78. The second-order valence-corrected chi connectivity index (χ2v) is 5.02. The molecule has 0 radical (unpaired) electrons. The zero-order valence-corrected chi connectivity index (χ0v) is 12.4. The first kappa shape index (κ1) is 15.0. The third kappa shape index (κ3) is 3.58. The maximum Gasteiger partial charge on any atom is 0.240 e. The molecule has 0 aromatic heterocycles. The fraction of sp³-hybridized carbons (Fsp3) is 0.562. The van der Waals surface area contributed by atoms with Gasteiger partial charge in [0.25, 0.3) is 0 Å². The molecule has 1 aromatic rings. The summed E-state index contributed by atoms with van der Waals surface area (Å²) in [6, 6.07) is 8.22. The van der Waals surface area contributed by atoms with Crippen LogP contribution >= 0.6 is 0 Å². The lowest BCUT2D eigenvalue weighted by atomic mass is 9.95. The lowest BCUT2D eigenvalue weighted by molar-refractivity contribution is -0.134. The molecule has 0 saturated carbocycles. The van der Waals surface area contributed by atoms with Gasteiger partial charge in [-0.2, -0.15) is 0 Å². The zero-order chi connectivity index (χ0) is 14.4. The van der Waals surface area contributed by atoms with Gasteiger partial charge in [-0.05, 0) is 31.4 Å². The van der Waals surface area contributed by atoms with Crippen LogP contribution in [0.25, 0.3) is 0 Å². The van der Waals surface area contributed by atoms with E-state index in [4.69, 9.17) is 4.74 Å². The van der Waals surface area contributed by atoms with Crippen LogP contribution in [0.4, 0.5) is 0 Å². The van der Waals surface area contributed by atoms with E-state index in [1.54, 1.807) is 0 Å². The Morgan fingerprint density at radius 3 is 2.80 bits per heavy atom. The molecule has 1 amide bonds. The summed E-state index contributed by atoms with van der Waals surface area (Å²) >= 11 is 0. The highest BCUT2D eigenvalue weighted by molar-refractivity contribution is 5.82. The van der Waals surface area contributed by atoms with E-state index < -0.39 is 0 Å². The number of fused-ring (bicyclic) bond motifs is 1. The van der Waals surface area contributed by atoms with Gasteiger partial charge >= 0.3 is 0 Å². The fourth-order valence-corrected chi connectivity index (χ4v) is 2.59. The highest BCUT2D eigenvalue weighted by Gasteiger charge is 2.26. The Morgan fingerprint density at radius 2 is 2.10 bits per heavy atom. The maximum absolute atomic E-state index is 12.5. The molecule has 0 unspecified atom stereocenters. The predicted octanol–water partition coefficient (Wildman–Crippen LogP) is 1.59. The van der Waals surface area contributed by atoms with Crippen molar-refractivity contribution in [3.63, 3.8) is 0 Å². The molecule has 1 aliphatic rings. The summed E-state index contributed by atoms with van der Waals surface area (Å²) < 4.78 is 5.35. The van der Waals surface area contributed by atoms with Crippen LogP contribution in [0.2, 0.25) is 0 Å². The lowest BCUT2D eigenvalue weighted by Gasteiger charge is -2.30. The number of carbonyl (C=O) groups excluding carboxylic acids is 1. The molecule has 20 heavy (non-hydrogen) atoms. The molecule has 4 nitrogen and oxygen atoms in total. The van der Waals surface area contributed by atoms with Crippen LogP contribution in [-0.2, 0) is 22.5 Å². The molecular formula is C16H24N2O2. The SMILES string of the molecule is CCOCCN(CC)C(=O)[C@@H]1Cc2ccccc2CN1. The largest absolute Gasteiger partial charge is 0.380 e. The minimum atomic E-state index is -0.105. The summed E-state index contributed by atoms with van der Waals surface area (Å²) in [5.74, 6) is 0.182. The molecule has 0 spiro atoms. The maximum atomic E-state index is 12.5. The fourth-order valence-electron chi connectivity index (χ4n) is 2.59. The van der Waals surface area contributed by atoms with Gasteiger partial charge in [0.1, 0.15) is 0 Å². The summed E-state index contributed by atoms with van der Waals surface area (Å²) in [5, 5.41) is 3.35. The van der Waals surface area contributed by atoms with Crippen LogP contribution in [0.1, 0.15) is 25.0 Å². The topological polar surface area (TPSA) is 41.6 Å². The van der Waals surface area contributed by atoms with E-state index in [1.807, 2.05) is 30.9 Å². The summed E-state index contributed by atoms with van der Waals surface area (Å²) in [6.07, 6.45) is 0.778. The molecule has 1 atom stereocenters. The molecule has 2 rings (SSSR count). The van der Waals surface area contributed by atoms with E-state index in [0.717, 1.165) is 19.5 Å². The molecule has 1 aromatic carbocycles. The smallest absolute Gasteiger partial charge is 0.240 e. The van der Waals surface area contributed by atoms with Crippen molar-refractivity contribution in [3.05, 3.63) is 35.4 Å². The number of amides is 1. The van der Waals surface area contributed by atoms with Gasteiger partial charge in [-0.25, -0.2) is 0 Å². The second-order valence-electron chi connectivity index (χ2n) is 5.02. The summed E-state index contributed by atoms with van der Waals surface area (Å²) in [5.41, 5.74) is 2.58. The third-order valence-electron chi connectivity index (χ3n) is 3.78. The minimum Gasteiger partial charge on any atom is -0.380 e. The second kappa shape index (κ2) is 7.41. The monoisotopic (exact) mass is 276 g/mol. The highest BCUT2D eigenvalue weighted by atomic mass is 16.5. The van der Waals surface area contributed by atoms with Crippen molar-refractivity contribution >= 4 is 5.91 Å². The van der Waals surface area contributed by atoms with E-state index in [1.165, 1.54) is 11.1 Å². The van der Waals surface area contributed by atoms with Crippen molar-refractivity contribution in [2.24, 2.45) is 0 Å². The van der Waals surface area contributed by atoms with E-state index in [9.17, 15) is 4.79 Å². The van der Waals surface area contributed by atoms with E-state index >= 15 is 0 Å². The molecule has 1 aliphatic heterocycles. The average Bonchev–Trinajstić information content (AvgIpc) is 2.50. The normalized spacial score (nSPS) is 17.6. The number of hydrogen-bond donors (Lipinski definition) is 1. The quantitative estimate of drug-likeness (QED) is 0.802. The Balaban J connectivity index is 1.95. The number of ether oxygens (including phenoxy) is 1. The van der Waals surface area contributed by atoms with Crippen molar-refractivity contribution in [2.75, 3.05) is 26.3 Å². The Morgan fingerprint density at radius 1 is 1.35 bits per heavy atom. The number of nitrogens with zero attached hydrogens (tertiary/aromatic N) is 1. The van der Waals surface area contributed by atoms with Gasteiger partial charge in [-0.3, -0.25) is 4.79 Å². The molecule has 0 aliphatic carbocycles. The number of likely N-dealkylation sites (N-methyl/N-ethyl adjacent to an activating group) is 1. The summed E-state index contributed by atoms with van der Waals surface area (Å²) in [6.45, 7) is 7.46. The van der Waals surface area contributed by atoms with Crippen molar-refractivity contribution in [3.8, 4) is 0 Å². The molecule has 0 saturated heterocycles.